The lowest BCUT2D eigenvalue weighted by Gasteiger charge is -2.11. The molecule has 0 unspecified atom stereocenters. The molecule has 0 fully saturated rings. The first-order valence-electron chi connectivity index (χ1n) is 11.0. The minimum atomic E-state index is -0.405. The van der Waals surface area contributed by atoms with Gasteiger partial charge in [-0.1, -0.05) is 42.0 Å². The third kappa shape index (κ3) is 5.21. The number of carbonyl (C=O) groups excluding carboxylic acids is 1. The van der Waals surface area contributed by atoms with E-state index >= 15 is 0 Å². The van der Waals surface area contributed by atoms with Crippen LogP contribution in [-0.2, 0) is 0 Å². The van der Waals surface area contributed by atoms with Gasteiger partial charge >= 0.3 is 5.97 Å². The maximum absolute atomic E-state index is 12.8. The van der Waals surface area contributed by atoms with E-state index in [0.29, 0.717) is 11.3 Å². The zero-order valence-corrected chi connectivity index (χ0v) is 19.7. The lowest BCUT2D eigenvalue weighted by Crippen LogP contribution is -2.09. The van der Waals surface area contributed by atoms with Gasteiger partial charge in [-0.05, 0) is 91.6 Å². The molecule has 0 saturated carbocycles. The van der Waals surface area contributed by atoms with Crippen LogP contribution in [0.3, 0.4) is 0 Å². The maximum atomic E-state index is 12.8. The Labute approximate surface area is 199 Å². The summed E-state index contributed by atoms with van der Waals surface area (Å²) >= 11 is 0. The van der Waals surface area contributed by atoms with Crippen molar-refractivity contribution in [2.24, 2.45) is 10.2 Å². The van der Waals surface area contributed by atoms with Crippen LogP contribution in [-0.4, -0.2) is 13.1 Å². The van der Waals surface area contributed by atoms with Gasteiger partial charge in [0.15, 0.2) is 0 Å². The van der Waals surface area contributed by atoms with Gasteiger partial charge in [0.2, 0.25) is 0 Å². The van der Waals surface area contributed by atoms with E-state index in [2.05, 4.69) is 10.2 Å². The van der Waals surface area contributed by atoms with E-state index in [1.807, 2.05) is 87.5 Å². The van der Waals surface area contributed by atoms with Gasteiger partial charge in [0.05, 0.1) is 24.0 Å². The predicted molar refractivity (Wildman–Crippen MR) is 135 cm³/mol. The van der Waals surface area contributed by atoms with Crippen LogP contribution >= 0.6 is 0 Å². The van der Waals surface area contributed by atoms with E-state index in [1.165, 1.54) is 5.56 Å². The molecule has 0 aliphatic rings. The summed E-state index contributed by atoms with van der Waals surface area (Å²) in [4.78, 5) is 12.8. The van der Waals surface area contributed by atoms with Crippen LogP contribution in [0.2, 0.25) is 0 Å². The molecule has 0 heterocycles. The Morgan fingerprint density at radius 1 is 0.676 bits per heavy atom. The molecule has 0 aromatic heterocycles. The molecule has 0 saturated heterocycles. The normalized spacial score (nSPS) is 10.9. The first kappa shape index (κ1) is 22.9. The van der Waals surface area contributed by atoms with E-state index in [9.17, 15) is 4.79 Å². The average Bonchev–Trinajstić information content (AvgIpc) is 2.87. The van der Waals surface area contributed by atoms with Crippen molar-refractivity contribution in [3.05, 3.63) is 107 Å². The molecule has 0 aliphatic carbocycles. The number of methoxy groups -OCH3 is 1. The molecule has 0 aliphatic heterocycles. The smallest absolute Gasteiger partial charge is 0.343 e. The summed E-state index contributed by atoms with van der Waals surface area (Å²) in [6.07, 6.45) is 0. The third-order valence-electron chi connectivity index (χ3n) is 5.76. The number of rotatable bonds is 6. The van der Waals surface area contributed by atoms with Gasteiger partial charge in [-0.15, -0.1) is 0 Å². The molecule has 5 nitrogen and oxygen atoms in total. The van der Waals surface area contributed by atoms with Crippen molar-refractivity contribution in [3.63, 3.8) is 0 Å². The molecule has 4 aromatic rings. The van der Waals surface area contributed by atoms with Crippen LogP contribution in [0.25, 0.3) is 11.1 Å². The van der Waals surface area contributed by atoms with Gasteiger partial charge in [0.25, 0.3) is 0 Å². The van der Waals surface area contributed by atoms with E-state index in [-0.39, 0.29) is 0 Å². The molecule has 0 amide bonds. The highest BCUT2D eigenvalue weighted by Crippen LogP contribution is 2.31. The fourth-order valence-corrected chi connectivity index (χ4v) is 3.46. The second kappa shape index (κ2) is 10.1. The van der Waals surface area contributed by atoms with Gasteiger partial charge in [-0.2, -0.15) is 10.2 Å². The number of esters is 1. The molecule has 5 heteroatoms. The van der Waals surface area contributed by atoms with Crippen molar-refractivity contribution >= 4 is 17.3 Å². The zero-order chi connectivity index (χ0) is 24.1. The molecule has 4 aromatic carbocycles. The predicted octanol–water partition coefficient (Wildman–Crippen LogP) is 7.92. The Morgan fingerprint density at radius 3 is 1.91 bits per heavy atom. The Hall–Kier alpha value is -4.25. The van der Waals surface area contributed by atoms with Crippen molar-refractivity contribution in [1.29, 1.82) is 0 Å². The van der Waals surface area contributed by atoms with Crippen LogP contribution in [0, 0.1) is 20.8 Å². The van der Waals surface area contributed by atoms with Gasteiger partial charge in [0.1, 0.15) is 11.5 Å². The summed E-state index contributed by atoms with van der Waals surface area (Å²) in [5.41, 5.74) is 7.00. The van der Waals surface area contributed by atoms with Gasteiger partial charge in [-0.25, -0.2) is 4.79 Å². The highest BCUT2D eigenvalue weighted by molar-refractivity contribution is 5.92. The fourth-order valence-electron chi connectivity index (χ4n) is 3.46. The van der Waals surface area contributed by atoms with Crippen LogP contribution in [0.5, 0.6) is 11.5 Å². The van der Waals surface area contributed by atoms with Crippen molar-refractivity contribution in [3.8, 4) is 22.6 Å². The minimum Gasteiger partial charge on any atom is -0.497 e. The summed E-state index contributed by atoms with van der Waals surface area (Å²) in [5, 5.41) is 8.68. The van der Waals surface area contributed by atoms with Crippen molar-refractivity contribution < 1.29 is 14.3 Å². The number of ether oxygens (including phenoxy) is 2. The van der Waals surface area contributed by atoms with Crippen molar-refractivity contribution in [2.75, 3.05) is 7.11 Å². The summed E-state index contributed by atoms with van der Waals surface area (Å²) < 4.78 is 10.9. The van der Waals surface area contributed by atoms with Gasteiger partial charge in [0, 0.05) is 0 Å². The SMILES string of the molecule is COc1ccc(-c2ccc(C(=O)Oc3ccc(N=Nc4ccc(C)cc4)c(C)c3C)cc2)cc1. The molecule has 0 spiro atoms. The maximum Gasteiger partial charge on any atom is 0.343 e. The number of carbonyl (C=O) groups is 1. The van der Waals surface area contributed by atoms with Crippen LogP contribution in [0.15, 0.2) is 95.2 Å². The number of aryl methyl sites for hydroxylation is 1. The molecular formula is C29H26N2O3. The van der Waals surface area contributed by atoms with Gasteiger partial charge < -0.3 is 9.47 Å². The van der Waals surface area contributed by atoms with Crippen molar-refractivity contribution in [2.45, 2.75) is 20.8 Å². The second-order valence-corrected chi connectivity index (χ2v) is 8.06. The largest absolute Gasteiger partial charge is 0.497 e. The highest BCUT2D eigenvalue weighted by atomic mass is 16.5. The topological polar surface area (TPSA) is 60.2 Å². The molecule has 0 atom stereocenters. The number of benzene rings is 4. The molecule has 0 radical (unpaired) electrons. The number of azo groups is 1. The third-order valence-corrected chi connectivity index (χ3v) is 5.76. The first-order chi connectivity index (χ1) is 16.4. The first-order valence-corrected chi connectivity index (χ1v) is 11.0. The summed E-state index contributed by atoms with van der Waals surface area (Å²) in [6.45, 7) is 5.89. The molecular weight excluding hydrogens is 424 g/mol. The zero-order valence-electron chi connectivity index (χ0n) is 19.7. The Kier molecular flexibility index (Phi) is 6.83. The standard InChI is InChI=1S/C29H26N2O3/c1-19-5-13-25(14-6-19)30-31-27-17-18-28(21(3)20(27)2)34-29(32)24-9-7-22(8-10-24)23-11-15-26(33-4)16-12-23/h5-18H,1-4H3. The molecule has 34 heavy (non-hydrogen) atoms. The number of hydrogen-bond donors (Lipinski definition) is 0. The lowest BCUT2D eigenvalue weighted by molar-refractivity contribution is 0.0733. The Bertz CT molecular complexity index is 1320. The molecule has 170 valence electrons. The fraction of sp³-hybridized carbons (Fsp3) is 0.138. The number of hydrogen-bond acceptors (Lipinski definition) is 5. The van der Waals surface area contributed by atoms with E-state index in [1.54, 1.807) is 25.3 Å². The van der Waals surface area contributed by atoms with E-state index in [4.69, 9.17) is 9.47 Å². The van der Waals surface area contributed by atoms with Crippen LogP contribution in [0.4, 0.5) is 11.4 Å². The van der Waals surface area contributed by atoms with Gasteiger partial charge in [-0.3, -0.25) is 0 Å². The Balaban J connectivity index is 1.47. The van der Waals surface area contributed by atoms with E-state index < -0.39 is 5.97 Å². The molecule has 4 rings (SSSR count). The monoisotopic (exact) mass is 450 g/mol. The summed E-state index contributed by atoms with van der Waals surface area (Å²) in [7, 11) is 1.64. The molecule has 0 bridgehead atoms. The second-order valence-electron chi connectivity index (χ2n) is 8.06. The van der Waals surface area contributed by atoms with Crippen LogP contribution < -0.4 is 9.47 Å². The van der Waals surface area contributed by atoms with Crippen LogP contribution in [0.1, 0.15) is 27.0 Å². The van der Waals surface area contributed by atoms with E-state index in [0.717, 1.165) is 39.4 Å². The average molecular weight is 451 g/mol. The molecule has 0 N–H and O–H groups in total. The summed E-state index contributed by atoms with van der Waals surface area (Å²) in [5.74, 6) is 0.908. The number of nitrogens with zero attached hydrogens (tertiary/aromatic N) is 2. The summed E-state index contributed by atoms with van der Waals surface area (Å²) in [6, 6.07) is 26.6. The minimum absolute atomic E-state index is 0.405. The highest BCUT2D eigenvalue weighted by Gasteiger charge is 2.13. The van der Waals surface area contributed by atoms with Crippen molar-refractivity contribution in [1.82, 2.24) is 0 Å². The quantitative estimate of drug-likeness (QED) is 0.170. The Morgan fingerprint density at radius 2 is 1.29 bits per heavy atom. The lowest BCUT2D eigenvalue weighted by atomic mass is 10.0.